The van der Waals surface area contributed by atoms with Crippen molar-refractivity contribution in [2.24, 2.45) is 0 Å². The molecule has 2 aromatic rings. The molecule has 1 fully saturated rings. The van der Waals surface area contributed by atoms with E-state index in [2.05, 4.69) is 10.3 Å². The van der Waals surface area contributed by atoms with E-state index in [1.54, 1.807) is 0 Å². The zero-order valence-electron chi connectivity index (χ0n) is 10.2. The van der Waals surface area contributed by atoms with Crippen molar-refractivity contribution in [3.63, 3.8) is 0 Å². The first-order chi connectivity index (χ1) is 9.20. The van der Waals surface area contributed by atoms with Gasteiger partial charge in [0.25, 0.3) is 5.22 Å². The first kappa shape index (κ1) is 12.5. The summed E-state index contributed by atoms with van der Waals surface area (Å²) in [6.45, 7) is 0. The fourth-order valence-corrected chi connectivity index (χ4v) is 2.66. The molecule has 0 saturated heterocycles. The third-order valence-electron chi connectivity index (χ3n) is 3.08. The number of hydrogen-bond donors (Lipinski definition) is 2. The van der Waals surface area contributed by atoms with Gasteiger partial charge in [-0.05, 0) is 25.0 Å². The Morgan fingerprint density at radius 3 is 3.00 bits per heavy atom. The molecular weight excluding hydrogens is 264 g/mol. The molecule has 0 atom stereocenters. The van der Waals surface area contributed by atoms with E-state index >= 15 is 0 Å². The van der Waals surface area contributed by atoms with Crippen molar-refractivity contribution >= 4 is 28.8 Å². The number of nitrogens with zero attached hydrogens (tertiary/aromatic N) is 1. The van der Waals surface area contributed by atoms with Crippen molar-refractivity contribution in [2.45, 2.75) is 30.2 Å². The molecule has 1 aromatic heterocycles. The van der Waals surface area contributed by atoms with Gasteiger partial charge in [-0.15, -0.1) is 0 Å². The van der Waals surface area contributed by atoms with Crippen LogP contribution in [0.15, 0.2) is 33.9 Å². The molecule has 5 nitrogen and oxygen atoms in total. The monoisotopic (exact) mass is 278 g/mol. The number of carbonyl (C=O) groups is 1. The van der Waals surface area contributed by atoms with Crippen molar-refractivity contribution in [1.82, 2.24) is 10.3 Å². The highest BCUT2D eigenvalue weighted by atomic mass is 32.2. The summed E-state index contributed by atoms with van der Waals surface area (Å²) in [7, 11) is 0. The second-order valence-corrected chi connectivity index (χ2v) is 5.55. The van der Waals surface area contributed by atoms with Gasteiger partial charge in [-0.25, -0.2) is 4.98 Å². The van der Waals surface area contributed by atoms with Gasteiger partial charge >= 0.3 is 0 Å². The zero-order chi connectivity index (χ0) is 13.2. The van der Waals surface area contributed by atoms with Gasteiger partial charge in [-0.2, -0.15) is 0 Å². The number of aromatic nitrogens is 1. The highest BCUT2D eigenvalue weighted by Crippen LogP contribution is 2.23. The predicted octanol–water partition coefficient (Wildman–Crippen LogP) is 1.56. The molecule has 2 N–H and O–H groups in total. The average Bonchev–Trinajstić information content (AvgIpc) is 2.77. The van der Waals surface area contributed by atoms with Crippen LogP contribution in [0.4, 0.5) is 0 Å². The fourth-order valence-electron chi connectivity index (χ4n) is 2.02. The fraction of sp³-hybridized carbons (Fsp3) is 0.385. The van der Waals surface area contributed by atoms with Gasteiger partial charge in [0.2, 0.25) is 5.91 Å². The van der Waals surface area contributed by atoms with Crippen LogP contribution in [0.3, 0.4) is 0 Å². The molecule has 0 unspecified atom stereocenters. The minimum absolute atomic E-state index is 0.0517. The maximum Gasteiger partial charge on any atom is 0.257 e. The number of fused-ring (bicyclic) bond motifs is 1. The molecule has 3 rings (SSSR count). The van der Waals surface area contributed by atoms with Gasteiger partial charge < -0.3 is 14.8 Å². The van der Waals surface area contributed by atoms with Gasteiger partial charge in [0.05, 0.1) is 11.9 Å². The van der Waals surface area contributed by atoms with Crippen LogP contribution in [0.25, 0.3) is 11.1 Å². The third-order valence-corrected chi connectivity index (χ3v) is 3.91. The molecule has 1 aliphatic rings. The summed E-state index contributed by atoms with van der Waals surface area (Å²) in [4.78, 5) is 15.9. The molecule has 1 heterocycles. The molecule has 100 valence electrons. The van der Waals surface area contributed by atoms with E-state index in [9.17, 15) is 4.79 Å². The van der Waals surface area contributed by atoms with Gasteiger partial charge in [0.15, 0.2) is 5.58 Å². The number of aliphatic hydroxyl groups is 1. The lowest BCUT2D eigenvalue weighted by Gasteiger charge is -2.31. The van der Waals surface area contributed by atoms with Crippen molar-refractivity contribution in [2.75, 3.05) is 5.75 Å². The number of thioether (sulfide) groups is 1. The molecule has 1 aliphatic carbocycles. The Bertz CT molecular complexity index is 559. The summed E-state index contributed by atoms with van der Waals surface area (Å²) in [6.07, 6.45) is 1.05. The highest BCUT2D eigenvalue weighted by molar-refractivity contribution is 7.99. The van der Waals surface area contributed by atoms with Gasteiger partial charge in [0.1, 0.15) is 5.52 Å². The number of para-hydroxylation sites is 2. The lowest BCUT2D eigenvalue weighted by atomic mass is 9.89. The third kappa shape index (κ3) is 2.90. The molecule has 0 radical (unpaired) electrons. The summed E-state index contributed by atoms with van der Waals surface area (Å²) < 4.78 is 5.51. The minimum Gasteiger partial charge on any atom is -0.431 e. The van der Waals surface area contributed by atoms with Crippen molar-refractivity contribution in [3.8, 4) is 0 Å². The van der Waals surface area contributed by atoms with Crippen molar-refractivity contribution in [3.05, 3.63) is 24.3 Å². The normalized spacial score (nSPS) is 22.2. The number of rotatable bonds is 4. The predicted molar refractivity (Wildman–Crippen MR) is 71.9 cm³/mol. The Balaban J connectivity index is 1.52. The smallest absolute Gasteiger partial charge is 0.257 e. The van der Waals surface area contributed by atoms with E-state index in [-0.39, 0.29) is 23.8 Å². The molecule has 19 heavy (non-hydrogen) atoms. The summed E-state index contributed by atoms with van der Waals surface area (Å²) in [5, 5.41) is 12.5. The number of aliphatic hydroxyl groups excluding tert-OH is 1. The van der Waals surface area contributed by atoms with Crippen molar-refractivity contribution < 1.29 is 14.3 Å². The lowest BCUT2D eigenvalue weighted by Crippen LogP contribution is -2.47. The Labute approximate surface area is 114 Å². The Morgan fingerprint density at radius 2 is 2.26 bits per heavy atom. The first-order valence-corrected chi connectivity index (χ1v) is 7.15. The van der Waals surface area contributed by atoms with Crippen LogP contribution in [0.5, 0.6) is 0 Å². The van der Waals surface area contributed by atoms with Crippen LogP contribution in [-0.4, -0.2) is 33.9 Å². The quantitative estimate of drug-likeness (QED) is 0.830. The highest BCUT2D eigenvalue weighted by Gasteiger charge is 2.28. The van der Waals surface area contributed by atoms with E-state index in [0.29, 0.717) is 18.1 Å². The van der Waals surface area contributed by atoms with Gasteiger partial charge in [0, 0.05) is 6.04 Å². The van der Waals surface area contributed by atoms with E-state index in [1.165, 1.54) is 11.8 Å². The first-order valence-electron chi connectivity index (χ1n) is 6.16. The number of benzene rings is 1. The molecule has 1 saturated carbocycles. The van der Waals surface area contributed by atoms with Crippen LogP contribution in [0.1, 0.15) is 12.8 Å². The Morgan fingerprint density at radius 1 is 1.47 bits per heavy atom. The summed E-state index contributed by atoms with van der Waals surface area (Å²) in [5.41, 5.74) is 1.53. The Kier molecular flexibility index (Phi) is 3.44. The van der Waals surface area contributed by atoms with E-state index < -0.39 is 0 Å². The average molecular weight is 278 g/mol. The largest absolute Gasteiger partial charge is 0.431 e. The van der Waals surface area contributed by atoms with E-state index in [0.717, 1.165) is 11.1 Å². The van der Waals surface area contributed by atoms with Crippen LogP contribution < -0.4 is 5.32 Å². The molecule has 0 spiro atoms. The van der Waals surface area contributed by atoms with Gasteiger partial charge in [-0.1, -0.05) is 23.9 Å². The maximum absolute atomic E-state index is 11.7. The molecule has 1 amide bonds. The molecular formula is C13H14N2O3S. The SMILES string of the molecule is O=C(CSc1nc2ccccc2o1)NC1CC(O)C1. The van der Waals surface area contributed by atoms with E-state index in [1.807, 2.05) is 24.3 Å². The van der Waals surface area contributed by atoms with Crippen LogP contribution in [0, 0.1) is 0 Å². The van der Waals surface area contributed by atoms with Gasteiger partial charge in [-0.3, -0.25) is 4.79 Å². The Hall–Kier alpha value is -1.53. The lowest BCUT2D eigenvalue weighted by molar-refractivity contribution is -0.120. The second kappa shape index (κ2) is 5.22. The number of carbonyl (C=O) groups excluding carboxylic acids is 1. The summed E-state index contributed by atoms with van der Waals surface area (Å²) in [6, 6.07) is 7.62. The van der Waals surface area contributed by atoms with E-state index in [4.69, 9.17) is 9.52 Å². The summed E-state index contributed by atoms with van der Waals surface area (Å²) >= 11 is 1.28. The molecule has 0 aliphatic heterocycles. The van der Waals surface area contributed by atoms with Crippen molar-refractivity contribution in [1.29, 1.82) is 0 Å². The zero-order valence-corrected chi connectivity index (χ0v) is 11.0. The van der Waals surface area contributed by atoms with Crippen LogP contribution in [-0.2, 0) is 4.79 Å². The standard InChI is InChI=1S/C13H14N2O3S/c16-9-5-8(6-9)14-12(17)7-19-13-15-10-3-1-2-4-11(10)18-13/h1-4,8-9,16H,5-7H2,(H,14,17). The number of amides is 1. The summed E-state index contributed by atoms with van der Waals surface area (Å²) in [5.74, 6) is 0.225. The maximum atomic E-state index is 11.7. The number of hydrogen-bond acceptors (Lipinski definition) is 5. The molecule has 0 bridgehead atoms. The van der Waals surface area contributed by atoms with Crippen LogP contribution >= 0.6 is 11.8 Å². The molecule has 1 aromatic carbocycles. The van der Waals surface area contributed by atoms with Crippen LogP contribution in [0.2, 0.25) is 0 Å². The molecule has 6 heteroatoms. The minimum atomic E-state index is -0.255. The topological polar surface area (TPSA) is 75.4 Å². The number of oxazole rings is 1. The second-order valence-electron chi connectivity index (χ2n) is 4.63. The number of nitrogens with one attached hydrogen (secondary N) is 1.